The number of nitrogens with zero attached hydrogens (tertiary/aromatic N) is 3. The number of benzene rings is 1. The highest BCUT2D eigenvalue weighted by molar-refractivity contribution is 9.10. The molecule has 0 unspecified atom stereocenters. The van der Waals surface area contributed by atoms with E-state index in [0.717, 1.165) is 26.1 Å². The molecule has 14 heteroatoms. The first kappa shape index (κ1) is 32.2. The molecule has 0 spiro atoms. The predicted octanol–water partition coefficient (Wildman–Crippen LogP) is 3.88. The number of aryl methyl sites for hydroxylation is 1. The van der Waals surface area contributed by atoms with E-state index >= 15 is 0 Å². The van der Waals surface area contributed by atoms with Crippen molar-refractivity contribution in [3.05, 3.63) is 62.1 Å². The van der Waals surface area contributed by atoms with E-state index in [2.05, 4.69) is 20.8 Å². The van der Waals surface area contributed by atoms with E-state index in [4.69, 9.17) is 17.8 Å². The second-order valence-corrected chi connectivity index (χ2v) is 14.0. The SMILES string of the molecule is CCN(CC)C(=O)[C@@H]1C=C2c3cccc4c3c(c(Br)n4S(=O)(=O)OCC(C)(C)C(=O)OCc3oc(=O)oc3C)C[C@H]2N(C)C1. The van der Waals surface area contributed by atoms with Gasteiger partial charge in [0, 0.05) is 31.1 Å². The second-order valence-electron chi connectivity index (χ2n) is 11.7. The monoisotopic (exact) mass is 693 g/mol. The van der Waals surface area contributed by atoms with Crippen LogP contribution in [0.3, 0.4) is 0 Å². The van der Waals surface area contributed by atoms with Crippen molar-refractivity contribution in [2.24, 2.45) is 11.3 Å². The van der Waals surface area contributed by atoms with Gasteiger partial charge in [0.05, 0.1) is 23.5 Å². The van der Waals surface area contributed by atoms with E-state index < -0.39 is 34.1 Å². The van der Waals surface area contributed by atoms with Gasteiger partial charge in [-0.05, 0) is 86.8 Å². The van der Waals surface area contributed by atoms with E-state index in [1.807, 2.05) is 37.9 Å². The van der Waals surface area contributed by atoms with Gasteiger partial charge < -0.3 is 18.5 Å². The van der Waals surface area contributed by atoms with Gasteiger partial charge in [-0.25, -0.2) is 8.77 Å². The molecule has 3 heterocycles. The van der Waals surface area contributed by atoms with Crippen LogP contribution in [0.15, 0.2) is 42.5 Å². The molecule has 1 amide bonds. The quantitative estimate of drug-likeness (QED) is 0.287. The fourth-order valence-electron chi connectivity index (χ4n) is 5.87. The Morgan fingerprint density at radius 2 is 1.89 bits per heavy atom. The van der Waals surface area contributed by atoms with Gasteiger partial charge in [0.2, 0.25) is 5.91 Å². The second kappa shape index (κ2) is 12.0. The molecule has 1 aliphatic heterocycles. The Bertz CT molecular complexity index is 1810. The minimum atomic E-state index is -4.43. The van der Waals surface area contributed by atoms with Crippen molar-refractivity contribution in [2.45, 2.75) is 53.7 Å². The number of aromatic nitrogens is 1. The molecule has 0 saturated heterocycles. The molecule has 1 aromatic carbocycles. The van der Waals surface area contributed by atoms with Gasteiger partial charge >= 0.3 is 22.1 Å². The molecular weight excluding hydrogens is 658 g/mol. The maximum atomic E-state index is 13.7. The zero-order chi connectivity index (χ0) is 32.1. The van der Waals surface area contributed by atoms with Crippen molar-refractivity contribution in [3.8, 4) is 0 Å². The number of rotatable bonds is 10. The molecule has 1 aliphatic carbocycles. The first-order valence-corrected chi connectivity index (χ1v) is 16.5. The summed E-state index contributed by atoms with van der Waals surface area (Å²) in [6.07, 6.45) is 2.58. The number of carbonyl (C=O) groups is 2. The van der Waals surface area contributed by atoms with Crippen molar-refractivity contribution in [2.75, 3.05) is 33.3 Å². The summed E-state index contributed by atoms with van der Waals surface area (Å²) in [5, 5.41) is 0.772. The number of carbonyl (C=O) groups excluding carboxylic acids is 2. The molecule has 2 atom stereocenters. The zero-order valence-electron chi connectivity index (χ0n) is 25.5. The number of esters is 1. The Labute approximate surface area is 263 Å². The molecule has 12 nitrogen and oxygen atoms in total. The summed E-state index contributed by atoms with van der Waals surface area (Å²) in [5.74, 6) is -1.64. The zero-order valence-corrected chi connectivity index (χ0v) is 27.9. The van der Waals surface area contributed by atoms with Crippen LogP contribution in [0.4, 0.5) is 0 Å². The Kier molecular flexibility index (Phi) is 8.75. The molecule has 2 aromatic heterocycles. The number of ether oxygens (including phenoxy) is 1. The van der Waals surface area contributed by atoms with Gasteiger partial charge in [0.15, 0.2) is 18.1 Å². The first-order chi connectivity index (χ1) is 20.7. The van der Waals surface area contributed by atoms with Crippen molar-refractivity contribution >= 4 is 54.6 Å². The molecule has 3 aromatic rings. The first-order valence-electron chi connectivity index (χ1n) is 14.4. The summed E-state index contributed by atoms with van der Waals surface area (Å²) in [7, 11) is -2.44. The maximum absolute atomic E-state index is 13.7. The third-order valence-electron chi connectivity index (χ3n) is 8.36. The summed E-state index contributed by atoms with van der Waals surface area (Å²) in [5.41, 5.74) is 1.75. The highest BCUT2D eigenvalue weighted by Crippen LogP contribution is 2.45. The lowest BCUT2D eigenvalue weighted by Gasteiger charge is -2.40. The van der Waals surface area contributed by atoms with E-state index in [-0.39, 0.29) is 36.0 Å². The molecule has 0 fully saturated rings. The predicted molar refractivity (Wildman–Crippen MR) is 165 cm³/mol. The van der Waals surface area contributed by atoms with Crippen molar-refractivity contribution in [1.82, 2.24) is 13.8 Å². The highest BCUT2D eigenvalue weighted by atomic mass is 79.9. The van der Waals surface area contributed by atoms with Gasteiger partial charge in [-0.1, -0.05) is 18.2 Å². The third-order valence-corrected chi connectivity index (χ3v) is 10.7. The fraction of sp³-hybridized carbons (Fsp3) is 0.500. The third kappa shape index (κ3) is 5.68. The molecule has 0 bridgehead atoms. The maximum Gasteiger partial charge on any atom is 0.519 e. The Morgan fingerprint density at radius 1 is 1.18 bits per heavy atom. The summed E-state index contributed by atoms with van der Waals surface area (Å²) in [6.45, 7) is 9.39. The lowest BCUT2D eigenvalue weighted by Crippen LogP contribution is -2.47. The number of likely N-dealkylation sites (N-methyl/N-ethyl adjacent to an activating group) is 1. The number of fused-ring (bicyclic) bond motifs is 2. The Balaban J connectivity index is 1.43. The minimum absolute atomic E-state index is 0.0402. The summed E-state index contributed by atoms with van der Waals surface area (Å²) < 4.78 is 49.2. The molecule has 0 N–H and O–H groups in total. The van der Waals surface area contributed by atoms with Crippen LogP contribution in [0.1, 0.15) is 50.3 Å². The Morgan fingerprint density at radius 3 is 2.52 bits per heavy atom. The molecule has 2 aliphatic rings. The van der Waals surface area contributed by atoms with Crippen molar-refractivity contribution < 1.29 is 35.8 Å². The van der Waals surface area contributed by atoms with Crippen molar-refractivity contribution in [1.29, 1.82) is 0 Å². The molecule has 238 valence electrons. The van der Waals surface area contributed by atoms with Gasteiger partial charge in [-0.3, -0.25) is 18.7 Å². The van der Waals surface area contributed by atoms with Crippen LogP contribution >= 0.6 is 15.9 Å². The van der Waals surface area contributed by atoms with Crippen LogP contribution in [-0.2, 0) is 41.8 Å². The lowest BCUT2D eigenvalue weighted by atomic mass is 9.79. The molecule has 0 saturated carbocycles. The van der Waals surface area contributed by atoms with Gasteiger partial charge in [0.25, 0.3) is 0 Å². The van der Waals surface area contributed by atoms with E-state index in [1.165, 1.54) is 20.8 Å². The Hall–Kier alpha value is -3.20. The number of hydrogen-bond acceptors (Lipinski definition) is 10. The summed E-state index contributed by atoms with van der Waals surface area (Å²) in [6, 6.07) is 5.41. The molecule has 5 rings (SSSR count). The minimum Gasteiger partial charge on any atom is -0.457 e. The molecular formula is C30H36BrN3O9S. The number of halogens is 1. The van der Waals surface area contributed by atoms with E-state index in [0.29, 0.717) is 36.2 Å². The largest absolute Gasteiger partial charge is 0.519 e. The summed E-state index contributed by atoms with van der Waals surface area (Å²) >= 11 is 3.55. The number of amides is 1. The normalized spacial score (nSPS) is 18.7. The highest BCUT2D eigenvalue weighted by Gasteiger charge is 2.40. The van der Waals surface area contributed by atoms with E-state index in [1.54, 1.807) is 12.1 Å². The van der Waals surface area contributed by atoms with Crippen LogP contribution in [0.25, 0.3) is 16.5 Å². The van der Waals surface area contributed by atoms with Crippen LogP contribution in [-0.4, -0.2) is 73.4 Å². The molecule has 44 heavy (non-hydrogen) atoms. The standard InChI is InChI=1S/C30H36BrN3O9S/c1-7-33(8-2)27(35)18-12-20-19-10-9-11-22-25(19)21(13-23(20)32(6)14-18)26(31)34(22)44(38,39)41-16-30(4,5)28(36)40-15-24-17(3)42-29(37)43-24/h9-12,18,23H,7-8,13-16H2,1-6H3/t18-,23-/m1/s1. The van der Waals surface area contributed by atoms with E-state index in [9.17, 15) is 22.8 Å². The summed E-state index contributed by atoms with van der Waals surface area (Å²) in [4.78, 5) is 41.3. The van der Waals surface area contributed by atoms with Gasteiger partial charge in [-0.2, -0.15) is 8.42 Å². The van der Waals surface area contributed by atoms with Gasteiger partial charge in [-0.15, -0.1) is 0 Å². The van der Waals surface area contributed by atoms with Crippen LogP contribution in [0.2, 0.25) is 0 Å². The van der Waals surface area contributed by atoms with Gasteiger partial charge in [0.1, 0.15) is 4.60 Å². The van der Waals surface area contributed by atoms with Crippen molar-refractivity contribution in [3.63, 3.8) is 0 Å². The fourth-order valence-corrected chi connectivity index (χ4v) is 8.20. The number of hydrogen-bond donors (Lipinski definition) is 0. The average Bonchev–Trinajstić information content (AvgIpc) is 3.46. The van der Waals surface area contributed by atoms with Crippen LogP contribution in [0, 0.1) is 18.3 Å². The topological polar surface area (TPSA) is 142 Å². The van der Waals surface area contributed by atoms with Crippen LogP contribution < -0.4 is 5.82 Å². The average molecular weight is 695 g/mol. The smallest absolute Gasteiger partial charge is 0.457 e. The molecule has 0 radical (unpaired) electrons. The lowest BCUT2D eigenvalue weighted by molar-refractivity contribution is -0.157. The van der Waals surface area contributed by atoms with Crippen LogP contribution in [0.5, 0.6) is 0 Å².